The number of pyridine rings is 1. The number of nitriles is 1. The number of rotatable bonds is 2. The molecule has 94 valence electrons. The van der Waals surface area contributed by atoms with E-state index in [1.165, 1.54) is 12.3 Å². The van der Waals surface area contributed by atoms with Crippen LogP contribution in [0.15, 0.2) is 36.5 Å². The average molecular weight is 252 g/mol. The molecule has 5 nitrogen and oxygen atoms in total. The minimum Gasteiger partial charge on any atom is -0.397 e. The summed E-state index contributed by atoms with van der Waals surface area (Å²) in [4.78, 5) is 15.9. The fourth-order valence-corrected chi connectivity index (χ4v) is 1.65. The van der Waals surface area contributed by atoms with Crippen LogP contribution >= 0.6 is 0 Å². The van der Waals surface area contributed by atoms with Crippen molar-refractivity contribution in [3.05, 3.63) is 53.3 Å². The Balaban J connectivity index is 2.27. The minimum atomic E-state index is -0.373. The molecule has 0 saturated carbocycles. The highest BCUT2D eigenvalue weighted by molar-refractivity contribution is 6.03. The van der Waals surface area contributed by atoms with Crippen molar-refractivity contribution >= 4 is 17.3 Å². The summed E-state index contributed by atoms with van der Waals surface area (Å²) in [5.41, 5.74) is 7.99. The SMILES string of the molecule is Cc1cccc(NC(=O)c2ccc(N)cn2)c1C#N. The standard InChI is InChI=1S/C14H12N4O/c1-9-3-2-4-12(11(9)7-15)18-14(19)13-6-5-10(16)8-17-13/h2-6,8H,16H2,1H3,(H,18,19). The zero-order valence-electron chi connectivity index (χ0n) is 10.3. The van der Waals surface area contributed by atoms with E-state index in [0.29, 0.717) is 16.9 Å². The van der Waals surface area contributed by atoms with Gasteiger partial charge in [-0.25, -0.2) is 4.98 Å². The van der Waals surface area contributed by atoms with Gasteiger partial charge in [0.05, 0.1) is 23.1 Å². The van der Waals surface area contributed by atoms with Crippen molar-refractivity contribution in [1.29, 1.82) is 5.26 Å². The summed E-state index contributed by atoms with van der Waals surface area (Å²) in [6.45, 7) is 1.82. The highest BCUT2D eigenvalue weighted by Gasteiger charge is 2.11. The van der Waals surface area contributed by atoms with Gasteiger partial charge in [-0.2, -0.15) is 5.26 Å². The lowest BCUT2D eigenvalue weighted by molar-refractivity contribution is 0.102. The third-order valence-electron chi connectivity index (χ3n) is 2.65. The molecule has 0 radical (unpaired) electrons. The Kier molecular flexibility index (Phi) is 3.44. The number of benzene rings is 1. The minimum absolute atomic E-state index is 0.250. The average Bonchev–Trinajstić information content (AvgIpc) is 2.39. The summed E-state index contributed by atoms with van der Waals surface area (Å²) < 4.78 is 0. The number of hydrogen-bond donors (Lipinski definition) is 2. The van der Waals surface area contributed by atoms with Crippen LogP contribution in [0.3, 0.4) is 0 Å². The molecule has 1 heterocycles. The summed E-state index contributed by atoms with van der Waals surface area (Å²) in [6, 6.07) is 10.5. The van der Waals surface area contributed by atoms with Crippen LogP contribution in [0.5, 0.6) is 0 Å². The molecule has 19 heavy (non-hydrogen) atoms. The summed E-state index contributed by atoms with van der Waals surface area (Å²) in [5, 5.41) is 11.8. The number of nitrogens with zero attached hydrogens (tertiary/aromatic N) is 2. The lowest BCUT2D eigenvalue weighted by Gasteiger charge is -2.08. The lowest BCUT2D eigenvalue weighted by Crippen LogP contribution is -2.14. The molecule has 0 aliphatic carbocycles. The smallest absolute Gasteiger partial charge is 0.274 e. The van der Waals surface area contributed by atoms with Gasteiger partial charge in [-0.15, -0.1) is 0 Å². The van der Waals surface area contributed by atoms with Gasteiger partial charge in [-0.3, -0.25) is 4.79 Å². The predicted molar refractivity (Wildman–Crippen MR) is 72.5 cm³/mol. The molecule has 0 unspecified atom stereocenters. The van der Waals surface area contributed by atoms with Crippen LogP contribution < -0.4 is 11.1 Å². The number of nitrogens with two attached hydrogens (primary N) is 1. The van der Waals surface area contributed by atoms with Crippen molar-refractivity contribution in [2.45, 2.75) is 6.92 Å². The number of nitrogen functional groups attached to an aromatic ring is 1. The second-order valence-electron chi connectivity index (χ2n) is 4.04. The first-order valence-electron chi connectivity index (χ1n) is 5.64. The van der Waals surface area contributed by atoms with E-state index in [1.54, 1.807) is 18.2 Å². The summed E-state index contributed by atoms with van der Waals surface area (Å²) in [7, 11) is 0. The molecular formula is C14H12N4O. The van der Waals surface area contributed by atoms with Gasteiger partial charge in [0.15, 0.2) is 0 Å². The highest BCUT2D eigenvalue weighted by Crippen LogP contribution is 2.19. The third-order valence-corrected chi connectivity index (χ3v) is 2.65. The maximum absolute atomic E-state index is 12.0. The molecule has 3 N–H and O–H groups in total. The van der Waals surface area contributed by atoms with E-state index in [0.717, 1.165) is 5.56 Å². The zero-order valence-corrected chi connectivity index (χ0v) is 10.3. The third kappa shape index (κ3) is 2.69. The van der Waals surface area contributed by atoms with E-state index in [2.05, 4.69) is 16.4 Å². The summed E-state index contributed by atoms with van der Waals surface area (Å²) >= 11 is 0. The van der Waals surface area contributed by atoms with Crippen molar-refractivity contribution < 1.29 is 4.79 Å². The van der Waals surface area contributed by atoms with Gasteiger partial charge in [-0.05, 0) is 30.7 Å². The number of hydrogen-bond acceptors (Lipinski definition) is 4. The fourth-order valence-electron chi connectivity index (χ4n) is 1.65. The maximum atomic E-state index is 12.0. The number of aromatic nitrogens is 1. The Hall–Kier alpha value is -2.87. The normalized spacial score (nSPS) is 9.68. The number of anilines is 2. The molecule has 0 aliphatic heterocycles. The van der Waals surface area contributed by atoms with Crippen LogP contribution in [0, 0.1) is 18.3 Å². The van der Waals surface area contributed by atoms with Gasteiger partial charge in [0, 0.05) is 0 Å². The van der Waals surface area contributed by atoms with Crippen molar-refractivity contribution in [3.63, 3.8) is 0 Å². The van der Waals surface area contributed by atoms with Crippen molar-refractivity contribution in [1.82, 2.24) is 4.98 Å². The van der Waals surface area contributed by atoms with Crippen molar-refractivity contribution in [3.8, 4) is 6.07 Å². The van der Waals surface area contributed by atoms with E-state index in [-0.39, 0.29) is 11.6 Å². The molecule has 0 spiro atoms. The van der Waals surface area contributed by atoms with Crippen molar-refractivity contribution in [2.24, 2.45) is 0 Å². The Labute approximate surface area is 110 Å². The van der Waals surface area contributed by atoms with Crippen LogP contribution in [-0.2, 0) is 0 Å². The van der Waals surface area contributed by atoms with Gasteiger partial charge in [0.1, 0.15) is 11.8 Å². The summed E-state index contributed by atoms with van der Waals surface area (Å²) in [6.07, 6.45) is 1.41. The first-order valence-corrected chi connectivity index (χ1v) is 5.64. The molecule has 0 bridgehead atoms. The number of carbonyl (C=O) groups is 1. The van der Waals surface area contributed by atoms with E-state index in [1.807, 2.05) is 13.0 Å². The molecule has 1 aromatic carbocycles. The number of nitrogens with one attached hydrogen (secondary N) is 1. The van der Waals surface area contributed by atoms with Crippen LogP contribution in [0.4, 0.5) is 11.4 Å². The molecule has 2 aromatic rings. The van der Waals surface area contributed by atoms with Crippen LogP contribution in [-0.4, -0.2) is 10.9 Å². The molecule has 0 aliphatic rings. The number of aryl methyl sites for hydroxylation is 1. The van der Waals surface area contributed by atoms with Gasteiger partial charge < -0.3 is 11.1 Å². The van der Waals surface area contributed by atoms with Gasteiger partial charge >= 0.3 is 0 Å². The Morgan fingerprint density at radius 2 is 2.16 bits per heavy atom. The van der Waals surface area contributed by atoms with Crippen LogP contribution in [0.1, 0.15) is 21.6 Å². The maximum Gasteiger partial charge on any atom is 0.274 e. The Bertz CT molecular complexity index is 656. The topological polar surface area (TPSA) is 91.8 Å². The van der Waals surface area contributed by atoms with Crippen LogP contribution in [0.25, 0.3) is 0 Å². The second-order valence-corrected chi connectivity index (χ2v) is 4.04. The predicted octanol–water partition coefficient (Wildman–Crippen LogP) is 2.10. The zero-order chi connectivity index (χ0) is 13.8. The van der Waals surface area contributed by atoms with E-state index < -0.39 is 0 Å². The van der Waals surface area contributed by atoms with E-state index >= 15 is 0 Å². The molecular weight excluding hydrogens is 240 g/mol. The number of carbonyl (C=O) groups excluding carboxylic acids is 1. The van der Waals surface area contributed by atoms with E-state index in [4.69, 9.17) is 11.0 Å². The number of amides is 1. The molecule has 0 fully saturated rings. The first-order chi connectivity index (χ1) is 9.11. The molecule has 1 aromatic heterocycles. The van der Waals surface area contributed by atoms with E-state index in [9.17, 15) is 4.79 Å². The van der Waals surface area contributed by atoms with Crippen molar-refractivity contribution in [2.75, 3.05) is 11.1 Å². The monoisotopic (exact) mass is 252 g/mol. The Morgan fingerprint density at radius 3 is 2.79 bits per heavy atom. The molecule has 0 saturated heterocycles. The molecule has 5 heteroatoms. The van der Waals surface area contributed by atoms with Gasteiger partial charge in [0.25, 0.3) is 5.91 Å². The fraction of sp³-hybridized carbons (Fsp3) is 0.0714. The first kappa shape index (κ1) is 12.6. The van der Waals surface area contributed by atoms with Gasteiger partial charge in [0.2, 0.25) is 0 Å². The Morgan fingerprint density at radius 1 is 1.37 bits per heavy atom. The quantitative estimate of drug-likeness (QED) is 0.856. The molecule has 1 amide bonds. The lowest BCUT2D eigenvalue weighted by atomic mass is 10.1. The largest absolute Gasteiger partial charge is 0.397 e. The molecule has 0 atom stereocenters. The highest BCUT2D eigenvalue weighted by atomic mass is 16.1. The second kappa shape index (κ2) is 5.19. The molecule has 2 rings (SSSR count). The summed E-state index contributed by atoms with van der Waals surface area (Å²) in [5.74, 6) is -0.373. The van der Waals surface area contributed by atoms with Crippen LogP contribution in [0.2, 0.25) is 0 Å². The van der Waals surface area contributed by atoms with Gasteiger partial charge in [-0.1, -0.05) is 12.1 Å².